The van der Waals surface area contributed by atoms with Gasteiger partial charge in [0, 0.05) is 31.4 Å². The zero-order valence-electron chi connectivity index (χ0n) is 16.2. The molecule has 0 aliphatic carbocycles. The van der Waals surface area contributed by atoms with Crippen molar-refractivity contribution in [3.8, 4) is 5.75 Å². The average molecular weight is 393 g/mol. The smallest absolute Gasteiger partial charge is 0.276 e. The van der Waals surface area contributed by atoms with Gasteiger partial charge in [-0.25, -0.2) is 9.97 Å². The van der Waals surface area contributed by atoms with E-state index in [1.54, 1.807) is 23.1 Å². The largest absolute Gasteiger partial charge is 0.505 e. The predicted molar refractivity (Wildman–Crippen MR) is 108 cm³/mol. The van der Waals surface area contributed by atoms with Gasteiger partial charge in [0.1, 0.15) is 11.6 Å². The van der Waals surface area contributed by atoms with Crippen molar-refractivity contribution in [3.05, 3.63) is 53.6 Å². The Labute approximate surface area is 168 Å². The zero-order valence-corrected chi connectivity index (χ0v) is 16.2. The van der Waals surface area contributed by atoms with E-state index in [-0.39, 0.29) is 29.2 Å². The molecule has 29 heavy (non-hydrogen) atoms. The Morgan fingerprint density at radius 2 is 2.21 bits per heavy atom. The van der Waals surface area contributed by atoms with Gasteiger partial charge in [-0.15, -0.1) is 0 Å². The minimum Gasteiger partial charge on any atom is -0.505 e. The van der Waals surface area contributed by atoms with Crippen molar-refractivity contribution in [2.45, 2.75) is 19.8 Å². The molecule has 3 aromatic rings. The lowest BCUT2D eigenvalue weighted by Crippen LogP contribution is -2.44. The van der Waals surface area contributed by atoms with Crippen LogP contribution in [0.5, 0.6) is 5.75 Å². The number of carbonyl (C=O) groups excluding carboxylic acids is 2. The summed E-state index contributed by atoms with van der Waals surface area (Å²) in [6, 6.07) is 8.43. The van der Waals surface area contributed by atoms with E-state index >= 15 is 0 Å². The van der Waals surface area contributed by atoms with Crippen LogP contribution in [-0.4, -0.2) is 56.4 Å². The number of pyridine rings is 1. The Hall–Kier alpha value is -3.42. The molecule has 3 N–H and O–H groups in total. The molecule has 1 fully saturated rings. The van der Waals surface area contributed by atoms with E-state index in [0.29, 0.717) is 25.2 Å². The number of carbonyl (C=O) groups is 2. The average Bonchev–Trinajstić information content (AvgIpc) is 3.11. The predicted octanol–water partition coefficient (Wildman–Crippen LogP) is 2.25. The summed E-state index contributed by atoms with van der Waals surface area (Å²) in [6.45, 7) is 3.50. The van der Waals surface area contributed by atoms with Crippen molar-refractivity contribution in [2.24, 2.45) is 5.92 Å². The Kier molecular flexibility index (Phi) is 5.16. The van der Waals surface area contributed by atoms with Crippen molar-refractivity contribution >= 4 is 22.8 Å². The molecule has 2 aromatic heterocycles. The molecule has 1 unspecified atom stereocenters. The molecule has 0 bridgehead atoms. The lowest BCUT2D eigenvalue weighted by Gasteiger charge is -2.32. The van der Waals surface area contributed by atoms with E-state index in [4.69, 9.17) is 0 Å². The number of amides is 2. The van der Waals surface area contributed by atoms with E-state index in [9.17, 15) is 14.7 Å². The fourth-order valence-electron chi connectivity index (χ4n) is 3.75. The molecule has 8 heteroatoms. The van der Waals surface area contributed by atoms with E-state index in [1.807, 2.05) is 13.0 Å². The van der Waals surface area contributed by atoms with Gasteiger partial charge in [-0.05, 0) is 56.0 Å². The first-order valence-electron chi connectivity index (χ1n) is 9.69. The summed E-state index contributed by atoms with van der Waals surface area (Å²) in [5.74, 6) is 0.422. The lowest BCUT2D eigenvalue weighted by atomic mass is 9.97. The molecule has 1 aliphatic heterocycles. The van der Waals surface area contributed by atoms with Crippen LogP contribution in [-0.2, 0) is 0 Å². The quantitative estimate of drug-likeness (QED) is 0.630. The second-order valence-electron chi connectivity index (χ2n) is 7.39. The molecular weight excluding hydrogens is 370 g/mol. The first-order valence-corrected chi connectivity index (χ1v) is 9.69. The number of aryl methyl sites for hydroxylation is 1. The number of imidazole rings is 1. The second kappa shape index (κ2) is 7.90. The Bertz CT molecular complexity index is 1060. The molecule has 4 rings (SSSR count). The molecule has 3 heterocycles. The van der Waals surface area contributed by atoms with Gasteiger partial charge in [-0.3, -0.25) is 9.59 Å². The molecule has 1 aliphatic rings. The van der Waals surface area contributed by atoms with Gasteiger partial charge in [0.05, 0.1) is 11.0 Å². The number of aromatic amines is 1. The number of likely N-dealkylation sites (tertiary alicyclic amines) is 1. The number of fused-ring (bicyclic) bond motifs is 1. The van der Waals surface area contributed by atoms with Crippen LogP contribution in [0.2, 0.25) is 0 Å². The van der Waals surface area contributed by atoms with Crippen molar-refractivity contribution in [3.63, 3.8) is 0 Å². The maximum atomic E-state index is 12.7. The number of nitrogens with zero attached hydrogens (tertiary/aromatic N) is 3. The third kappa shape index (κ3) is 4.06. The monoisotopic (exact) mass is 393 g/mol. The highest BCUT2D eigenvalue weighted by atomic mass is 16.3. The number of H-pyrrole nitrogens is 1. The van der Waals surface area contributed by atoms with Crippen LogP contribution < -0.4 is 5.32 Å². The maximum Gasteiger partial charge on any atom is 0.276 e. The molecule has 0 spiro atoms. The highest BCUT2D eigenvalue weighted by molar-refractivity contribution is 5.97. The molecule has 1 aromatic carbocycles. The van der Waals surface area contributed by atoms with E-state index < -0.39 is 0 Å². The van der Waals surface area contributed by atoms with Crippen molar-refractivity contribution < 1.29 is 14.7 Å². The third-order valence-corrected chi connectivity index (χ3v) is 5.21. The number of hydrogen-bond acceptors (Lipinski definition) is 5. The zero-order chi connectivity index (χ0) is 20.4. The number of benzene rings is 1. The summed E-state index contributed by atoms with van der Waals surface area (Å²) in [7, 11) is 0. The number of nitrogens with one attached hydrogen (secondary N) is 2. The van der Waals surface area contributed by atoms with Gasteiger partial charge in [0.15, 0.2) is 5.69 Å². The summed E-state index contributed by atoms with van der Waals surface area (Å²) in [6.07, 6.45) is 3.27. The Morgan fingerprint density at radius 3 is 3.03 bits per heavy atom. The molecule has 2 amide bonds. The van der Waals surface area contributed by atoms with Crippen LogP contribution >= 0.6 is 0 Å². The van der Waals surface area contributed by atoms with Crippen LogP contribution in [0.4, 0.5) is 0 Å². The summed E-state index contributed by atoms with van der Waals surface area (Å²) < 4.78 is 0. The number of piperidine rings is 1. The second-order valence-corrected chi connectivity index (χ2v) is 7.39. The highest BCUT2D eigenvalue weighted by Gasteiger charge is 2.27. The van der Waals surface area contributed by atoms with E-state index in [1.165, 1.54) is 12.3 Å². The number of aromatic hydroxyl groups is 1. The first-order chi connectivity index (χ1) is 14.0. The number of aromatic nitrogens is 3. The first kappa shape index (κ1) is 18.9. The SMILES string of the molecule is Cc1nc2ccc(C(=O)NCC3CCCN(C(=O)c4ncccc4O)C3)cc2[nH]1. The highest BCUT2D eigenvalue weighted by Crippen LogP contribution is 2.21. The van der Waals surface area contributed by atoms with Gasteiger partial charge >= 0.3 is 0 Å². The van der Waals surface area contributed by atoms with Gasteiger partial charge in [0.2, 0.25) is 0 Å². The summed E-state index contributed by atoms with van der Waals surface area (Å²) in [4.78, 5) is 38.4. The topological polar surface area (TPSA) is 111 Å². The molecule has 0 saturated carbocycles. The van der Waals surface area contributed by atoms with E-state index in [0.717, 1.165) is 29.7 Å². The minimum atomic E-state index is -0.279. The van der Waals surface area contributed by atoms with Crippen LogP contribution in [0, 0.1) is 12.8 Å². The van der Waals surface area contributed by atoms with Gasteiger partial charge in [-0.1, -0.05) is 0 Å². The standard InChI is InChI=1S/C21H23N5O3/c1-13-24-16-7-6-15(10-17(16)25-13)20(28)23-11-14-4-3-9-26(12-14)21(29)19-18(27)5-2-8-22-19/h2,5-8,10,14,27H,3-4,9,11-12H2,1H3,(H,23,28)(H,24,25). The summed E-state index contributed by atoms with van der Waals surface area (Å²) in [5, 5.41) is 12.9. The van der Waals surface area contributed by atoms with Crippen molar-refractivity contribution in [2.75, 3.05) is 19.6 Å². The molecular formula is C21H23N5O3. The number of hydrogen-bond donors (Lipinski definition) is 3. The Balaban J connectivity index is 1.37. The third-order valence-electron chi connectivity index (χ3n) is 5.21. The van der Waals surface area contributed by atoms with Gasteiger partial charge < -0.3 is 20.3 Å². The van der Waals surface area contributed by atoms with Crippen molar-refractivity contribution in [1.29, 1.82) is 0 Å². The van der Waals surface area contributed by atoms with Crippen LogP contribution in [0.25, 0.3) is 11.0 Å². The summed E-state index contributed by atoms with van der Waals surface area (Å²) >= 11 is 0. The van der Waals surface area contributed by atoms with Crippen LogP contribution in [0.3, 0.4) is 0 Å². The fraction of sp³-hybridized carbons (Fsp3) is 0.333. The molecule has 150 valence electrons. The molecule has 0 radical (unpaired) electrons. The van der Waals surface area contributed by atoms with Gasteiger partial charge in [0.25, 0.3) is 11.8 Å². The molecule has 1 saturated heterocycles. The summed E-state index contributed by atoms with van der Waals surface area (Å²) in [5.41, 5.74) is 2.31. The van der Waals surface area contributed by atoms with Crippen LogP contribution in [0.1, 0.15) is 39.5 Å². The van der Waals surface area contributed by atoms with E-state index in [2.05, 4.69) is 20.3 Å². The fourth-order valence-corrected chi connectivity index (χ4v) is 3.75. The van der Waals surface area contributed by atoms with Crippen molar-refractivity contribution in [1.82, 2.24) is 25.2 Å². The Morgan fingerprint density at radius 1 is 1.34 bits per heavy atom. The molecule has 8 nitrogen and oxygen atoms in total. The van der Waals surface area contributed by atoms with Crippen LogP contribution in [0.15, 0.2) is 36.5 Å². The normalized spacial score (nSPS) is 16.7. The number of rotatable bonds is 4. The van der Waals surface area contributed by atoms with Gasteiger partial charge in [-0.2, -0.15) is 0 Å². The lowest BCUT2D eigenvalue weighted by molar-refractivity contribution is 0.0661. The minimum absolute atomic E-state index is 0.0698. The molecule has 1 atom stereocenters. The maximum absolute atomic E-state index is 12.7.